The fourth-order valence-corrected chi connectivity index (χ4v) is 7.22. The molecule has 3 heteroatoms. The summed E-state index contributed by atoms with van der Waals surface area (Å²) < 4.78 is 0. The van der Waals surface area contributed by atoms with E-state index in [0.717, 1.165) is 37.5 Å². The molecule has 0 bridgehead atoms. The van der Waals surface area contributed by atoms with Gasteiger partial charge < -0.3 is 10.9 Å². The maximum absolute atomic E-state index is 10.1. The van der Waals surface area contributed by atoms with Crippen molar-refractivity contribution in [3.05, 3.63) is 0 Å². The summed E-state index contributed by atoms with van der Waals surface area (Å²) in [5.41, 5.74) is 2.09. The number of aliphatic hydroxyl groups is 1. The molecule has 3 N–H and O–H groups in total. The summed E-state index contributed by atoms with van der Waals surface area (Å²) in [6.07, 6.45) is 11.0. The van der Waals surface area contributed by atoms with Crippen LogP contribution in [0.1, 0.15) is 71.6 Å². The summed E-state index contributed by atoms with van der Waals surface area (Å²) >= 11 is 0. The zero-order valence-corrected chi connectivity index (χ0v) is 14.2. The van der Waals surface area contributed by atoms with Crippen LogP contribution in [0.5, 0.6) is 0 Å². The quantitative estimate of drug-likeness (QED) is 0.529. The third-order valence-corrected chi connectivity index (χ3v) is 8.28. The molecule has 4 aliphatic rings. The SMILES string of the molecule is CC12CCCC1C1CCC3CC(O)CCC3(C)C1C(=NN)C2. The van der Waals surface area contributed by atoms with E-state index in [-0.39, 0.29) is 6.10 Å². The van der Waals surface area contributed by atoms with Gasteiger partial charge in [-0.1, -0.05) is 20.3 Å². The Morgan fingerprint density at radius 2 is 1.95 bits per heavy atom. The second kappa shape index (κ2) is 4.96. The number of hydrogen-bond acceptors (Lipinski definition) is 3. The molecule has 124 valence electrons. The highest BCUT2D eigenvalue weighted by atomic mass is 16.3. The molecule has 7 atom stereocenters. The summed E-state index contributed by atoms with van der Waals surface area (Å²) in [4.78, 5) is 0. The minimum absolute atomic E-state index is 0.0757. The van der Waals surface area contributed by atoms with Gasteiger partial charge in [0.1, 0.15) is 0 Å². The monoisotopic (exact) mass is 304 g/mol. The Labute approximate surface area is 134 Å². The van der Waals surface area contributed by atoms with Gasteiger partial charge in [-0.05, 0) is 80.0 Å². The van der Waals surface area contributed by atoms with Crippen LogP contribution in [0.25, 0.3) is 0 Å². The normalized spacial score (nSPS) is 56.3. The van der Waals surface area contributed by atoms with E-state index in [1.807, 2.05) is 0 Å². The van der Waals surface area contributed by atoms with Crippen LogP contribution in [-0.2, 0) is 0 Å². The van der Waals surface area contributed by atoms with Crippen molar-refractivity contribution in [2.75, 3.05) is 0 Å². The Bertz CT molecular complexity index is 490. The second-order valence-electron chi connectivity index (χ2n) is 9.30. The zero-order valence-electron chi connectivity index (χ0n) is 14.2. The van der Waals surface area contributed by atoms with Crippen LogP contribution in [0.3, 0.4) is 0 Å². The van der Waals surface area contributed by atoms with Gasteiger partial charge in [-0.15, -0.1) is 0 Å². The maximum Gasteiger partial charge on any atom is 0.0543 e. The van der Waals surface area contributed by atoms with Gasteiger partial charge in [0.15, 0.2) is 0 Å². The van der Waals surface area contributed by atoms with E-state index < -0.39 is 0 Å². The van der Waals surface area contributed by atoms with E-state index in [1.54, 1.807) is 0 Å². The van der Waals surface area contributed by atoms with E-state index in [4.69, 9.17) is 5.84 Å². The van der Waals surface area contributed by atoms with E-state index in [1.165, 1.54) is 37.8 Å². The lowest BCUT2D eigenvalue weighted by Crippen LogP contribution is -2.57. The van der Waals surface area contributed by atoms with Gasteiger partial charge in [0, 0.05) is 11.6 Å². The predicted octanol–water partition coefficient (Wildman–Crippen LogP) is 3.70. The van der Waals surface area contributed by atoms with Crippen molar-refractivity contribution in [2.24, 2.45) is 45.4 Å². The van der Waals surface area contributed by atoms with E-state index in [9.17, 15) is 5.11 Å². The van der Waals surface area contributed by atoms with Gasteiger partial charge in [0.25, 0.3) is 0 Å². The highest BCUT2D eigenvalue weighted by Gasteiger charge is 2.60. The minimum atomic E-state index is -0.0757. The predicted molar refractivity (Wildman–Crippen MR) is 89.4 cm³/mol. The van der Waals surface area contributed by atoms with E-state index >= 15 is 0 Å². The third kappa shape index (κ3) is 1.93. The molecular formula is C19H32N2O. The molecule has 0 saturated heterocycles. The standard InChI is InChI=1S/C19H32N2O/c1-18-8-3-4-15(18)14-6-5-12-10-13(22)7-9-19(12,2)17(14)16(11-18)21-20/h12-15,17,22H,3-11,20H2,1-2H3. The first-order chi connectivity index (χ1) is 10.5. The van der Waals surface area contributed by atoms with Gasteiger partial charge in [0.05, 0.1) is 6.10 Å². The van der Waals surface area contributed by atoms with Gasteiger partial charge in [-0.3, -0.25) is 0 Å². The third-order valence-electron chi connectivity index (χ3n) is 8.28. The molecule has 4 aliphatic carbocycles. The smallest absolute Gasteiger partial charge is 0.0543 e. The van der Waals surface area contributed by atoms with Crippen LogP contribution >= 0.6 is 0 Å². The Kier molecular flexibility index (Phi) is 3.38. The Morgan fingerprint density at radius 3 is 2.73 bits per heavy atom. The number of hydrazone groups is 1. The van der Waals surface area contributed by atoms with Crippen LogP contribution in [0, 0.1) is 34.5 Å². The molecule has 4 rings (SSSR count). The van der Waals surface area contributed by atoms with Crippen molar-refractivity contribution in [2.45, 2.75) is 77.7 Å². The van der Waals surface area contributed by atoms with Crippen LogP contribution in [0.4, 0.5) is 0 Å². The molecule has 0 radical (unpaired) electrons. The van der Waals surface area contributed by atoms with Crippen LogP contribution < -0.4 is 5.84 Å². The first-order valence-corrected chi connectivity index (χ1v) is 9.43. The highest BCUT2D eigenvalue weighted by molar-refractivity contribution is 5.89. The van der Waals surface area contributed by atoms with Gasteiger partial charge >= 0.3 is 0 Å². The van der Waals surface area contributed by atoms with Crippen molar-refractivity contribution in [3.63, 3.8) is 0 Å². The lowest BCUT2D eigenvalue weighted by molar-refractivity contribution is -0.0788. The molecule has 22 heavy (non-hydrogen) atoms. The lowest BCUT2D eigenvalue weighted by atomic mass is 9.44. The molecule has 7 unspecified atom stereocenters. The fraction of sp³-hybridized carbons (Fsp3) is 0.947. The number of hydrogen-bond donors (Lipinski definition) is 2. The summed E-state index contributed by atoms with van der Waals surface area (Å²) in [7, 11) is 0. The number of fused-ring (bicyclic) bond motifs is 5. The van der Waals surface area contributed by atoms with Crippen molar-refractivity contribution >= 4 is 5.71 Å². The topological polar surface area (TPSA) is 58.6 Å². The zero-order chi connectivity index (χ0) is 15.5. The minimum Gasteiger partial charge on any atom is -0.393 e. The maximum atomic E-state index is 10.1. The molecule has 0 amide bonds. The summed E-state index contributed by atoms with van der Waals surface area (Å²) in [6, 6.07) is 0. The van der Waals surface area contributed by atoms with Crippen LogP contribution in [0.15, 0.2) is 5.10 Å². The van der Waals surface area contributed by atoms with E-state index in [2.05, 4.69) is 18.9 Å². The van der Waals surface area contributed by atoms with E-state index in [0.29, 0.717) is 22.7 Å². The summed E-state index contributed by atoms with van der Waals surface area (Å²) in [5.74, 6) is 8.82. The number of nitrogens with zero attached hydrogens (tertiary/aromatic N) is 1. The molecule has 0 heterocycles. The van der Waals surface area contributed by atoms with Crippen LogP contribution in [-0.4, -0.2) is 16.9 Å². The van der Waals surface area contributed by atoms with Crippen molar-refractivity contribution in [1.29, 1.82) is 0 Å². The Balaban J connectivity index is 1.72. The van der Waals surface area contributed by atoms with Crippen molar-refractivity contribution in [3.8, 4) is 0 Å². The molecule has 0 aromatic heterocycles. The van der Waals surface area contributed by atoms with Crippen molar-refractivity contribution in [1.82, 2.24) is 0 Å². The largest absolute Gasteiger partial charge is 0.393 e. The molecule has 0 spiro atoms. The molecular weight excluding hydrogens is 272 g/mol. The Hall–Kier alpha value is -0.570. The molecule has 3 nitrogen and oxygen atoms in total. The first-order valence-electron chi connectivity index (χ1n) is 9.43. The van der Waals surface area contributed by atoms with Gasteiger partial charge in [-0.2, -0.15) is 5.10 Å². The average Bonchev–Trinajstić information content (AvgIpc) is 2.88. The fourth-order valence-electron chi connectivity index (χ4n) is 7.22. The number of rotatable bonds is 0. The summed E-state index contributed by atoms with van der Waals surface area (Å²) in [6.45, 7) is 4.98. The lowest BCUT2D eigenvalue weighted by Gasteiger charge is -2.60. The molecule has 4 fully saturated rings. The molecule has 4 saturated carbocycles. The highest BCUT2D eigenvalue weighted by Crippen LogP contribution is 2.65. The molecule has 0 aromatic carbocycles. The second-order valence-corrected chi connectivity index (χ2v) is 9.30. The molecule has 0 aliphatic heterocycles. The summed E-state index contributed by atoms with van der Waals surface area (Å²) in [5, 5.41) is 14.5. The van der Waals surface area contributed by atoms with Crippen LogP contribution in [0.2, 0.25) is 0 Å². The molecule has 0 aromatic rings. The van der Waals surface area contributed by atoms with Gasteiger partial charge in [-0.25, -0.2) is 0 Å². The number of nitrogens with two attached hydrogens (primary N) is 1. The first kappa shape index (κ1) is 15.0. The Morgan fingerprint density at radius 1 is 1.14 bits per heavy atom. The average molecular weight is 304 g/mol. The van der Waals surface area contributed by atoms with Gasteiger partial charge in [0.2, 0.25) is 0 Å². The van der Waals surface area contributed by atoms with Crippen molar-refractivity contribution < 1.29 is 5.11 Å². The number of aliphatic hydroxyl groups excluding tert-OH is 1.